The van der Waals surface area contributed by atoms with Crippen molar-refractivity contribution >= 4 is 35.2 Å². The third kappa shape index (κ3) is 5.09. The molecular formula is C24H30ClN5O4. The van der Waals surface area contributed by atoms with Crippen LogP contribution in [0.15, 0.2) is 18.5 Å². The number of amides is 2. The van der Waals surface area contributed by atoms with Gasteiger partial charge < -0.3 is 15.0 Å². The number of methoxy groups -OCH3 is 1. The molecule has 0 spiro atoms. The summed E-state index contributed by atoms with van der Waals surface area (Å²) in [5, 5.41) is 7.85. The fourth-order valence-corrected chi connectivity index (χ4v) is 5.19. The summed E-state index contributed by atoms with van der Waals surface area (Å²) < 4.78 is 6.87. The van der Waals surface area contributed by atoms with E-state index < -0.39 is 5.92 Å². The zero-order valence-electron chi connectivity index (χ0n) is 19.9. The van der Waals surface area contributed by atoms with E-state index in [1.807, 2.05) is 10.9 Å². The number of esters is 1. The monoisotopic (exact) mass is 487 g/mol. The summed E-state index contributed by atoms with van der Waals surface area (Å²) in [6.45, 7) is 7.45. The second-order valence-corrected chi connectivity index (χ2v) is 10.5. The number of carbonyl (C=O) groups excluding carboxylic acids is 3. The van der Waals surface area contributed by atoms with Crippen LogP contribution in [0, 0.1) is 17.3 Å². The SMILES string of the molecule is COC(=O)C1CC(CC(=O)Nc2cc(-c3cnn4c3CC(C)(C)C4)c(Cl)cn2)CN(C(C)=O)C1. The Bertz CT molecular complexity index is 1130. The van der Waals surface area contributed by atoms with Crippen molar-refractivity contribution in [3.05, 3.63) is 29.2 Å². The van der Waals surface area contributed by atoms with E-state index in [9.17, 15) is 14.4 Å². The van der Waals surface area contributed by atoms with Crippen LogP contribution < -0.4 is 5.32 Å². The minimum atomic E-state index is -0.436. The van der Waals surface area contributed by atoms with Crippen molar-refractivity contribution in [2.24, 2.45) is 17.3 Å². The summed E-state index contributed by atoms with van der Waals surface area (Å²) in [6, 6.07) is 1.77. The number of nitrogens with zero attached hydrogens (tertiary/aromatic N) is 4. The van der Waals surface area contributed by atoms with Crippen molar-refractivity contribution in [1.82, 2.24) is 19.7 Å². The molecule has 2 aliphatic rings. The molecular weight excluding hydrogens is 458 g/mol. The molecule has 0 aliphatic carbocycles. The molecule has 0 radical (unpaired) electrons. The Hall–Kier alpha value is -2.94. The number of anilines is 1. The van der Waals surface area contributed by atoms with Crippen LogP contribution >= 0.6 is 11.6 Å². The lowest BCUT2D eigenvalue weighted by Crippen LogP contribution is -2.46. The van der Waals surface area contributed by atoms with E-state index in [1.165, 1.54) is 20.2 Å². The first-order chi connectivity index (χ1) is 16.1. The number of carbonyl (C=O) groups is 3. The van der Waals surface area contributed by atoms with Crippen LogP contribution in [0.2, 0.25) is 5.02 Å². The number of hydrogen-bond donors (Lipinski definition) is 1. The highest BCUT2D eigenvalue weighted by molar-refractivity contribution is 6.33. The molecule has 2 atom stereocenters. The Morgan fingerprint density at radius 1 is 1.24 bits per heavy atom. The second kappa shape index (κ2) is 9.37. The van der Waals surface area contributed by atoms with E-state index in [1.54, 1.807) is 11.0 Å². The molecule has 2 unspecified atom stereocenters. The van der Waals surface area contributed by atoms with E-state index in [0.717, 1.165) is 29.8 Å². The van der Waals surface area contributed by atoms with Gasteiger partial charge in [0.15, 0.2) is 0 Å². The lowest BCUT2D eigenvalue weighted by Gasteiger charge is -2.35. The fourth-order valence-electron chi connectivity index (χ4n) is 4.99. The summed E-state index contributed by atoms with van der Waals surface area (Å²) in [4.78, 5) is 42.7. The van der Waals surface area contributed by atoms with Gasteiger partial charge in [0.05, 0.1) is 24.2 Å². The predicted molar refractivity (Wildman–Crippen MR) is 127 cm³/mol. The zero-order valence-corrected chi connectivity index (χ0v) is 20.7. The van der Waals surface area contributed by atoms with Gasteiger partial charge in [0.1, 0.15) is 5.82 Å². The Morgan fingerprint density at radius 2 is 2.00 bits per heavy atom. The highest BCUT2D eigenvalue weighted by atomic mass is 35.5. The van der Waals surface area contributed by atoms with E-state index in [0.29, 0.717) is 30.4 Å². The number of hydrogen-bond acceptors (Lipinski definition) is 6. The van der Waals surface area contributed by atoms with Gasteiger partial charge in [0.2, 0.25) is 11.8 Å². The highest BCUT2D eigenvalue weighted by Gasteiger charge is 2.35. The van der Waals surface area contributed by atoms with E-state index in [4.69, 9.17) is 16.3 Å². The normalized spacial score (nSPS) is 21.1. The minimum absolute atomic E-state index is 0.125. The smallest absolute Gasteiger partial charge is 0.310 e. The summed E-state index contributed by atoms with van der Waals surface area (Å²) in [5.41, 5.74) is 2.97. The van der Waals surface area contributed by atoms with Gasteiger partial charge in [-0.3, -0.25) is 19.1 Å². The summed E-state index contributed by atoms with van der Waals surface area (Å²) >= 11 is 6.46. The molecule has 0 bridgehead atoms. The zero-order chi connectivity index (χ0) is 24.6. The molecule has 2 aromatic heterocycles. The van der Waals surface area contributed by atoms with Gasteiger partial charge in [0.25, 0.3) is 0 Å². The summed E-state index contributed by atoms with van der Waals surface area (Å²) in [6.07, 6.45) is 4.87. The Labute approximate surface area is 203 Å². The molecule has 1 fully saturated rings. The van der Waals surface area contributed by atoms with Crippen molar-refractivity contribution in [3.63, 3.8) is 0 Å². The highest BCUT2D eigenvalue weighted by Crippen LogP contribution is 2.39. The number of halogens is 1. The van der Waals surface area contributed by atoms with Crippen molar-refractivity contribution in [3.8, 4) is 11.1 Å². The van der Waals surface area contributed by atoms with Gasteiger partial charge in [-0.05, 0) is 30.2 Å². The Balaban J connectivity index is 1.47. The third-order valence-corrected chi connectivity index (χ3v) is 6.88. The quantitative estimate of drug-likeness (QED) is 0.649. The number of ether oxygens (including phenoxy) is 1. The predicted octanol–water partition coefficient (Wildman–Crippen LogP) is 3.17. The van der Waals surface area contributed by atoms with Crippen LogP contribution in [0.1, 0.15) is 39.3 Å². The number of nitrogens with one attached hydrogen (secondary N) is 1. The van der Waals surface area contributed by atoms with Gasteiger partial charge in [0, 0.05) is 56.0 Å². The number of piperidine rings is 1. The molecule has 1 saturated heterocycles. The number of likely N-dealkylation sites (tertiary alicyclic amines) is 1. The molecule has 2 aliphatic heterocycles. The molecule has 2 aromatic rings. The van der Waals surface area contributed by atoms with Crippen LogP contribution in [-0.4, -0.2) is 57.6 Å². The number of fused-ring (bicyclic) bond motifs is 1. The van der Waals surface area contributed by atoms with E-state index in [2.05, 4.69) is 29.2 Å². The molecule has 4 rings (SSSR count). The summed E-state index contributed by atoms with van der Waals surface area (Å²) in [5.74, 6) is -0.923. The first-order valence-corrected chi connectivity index (χ1v) is 11.8. The molecule has 34 heavy (non-hydrogen) atoms. The second-order valence-electron chi connectivity index (χ2n) is 10.1. The molecule has 0 saturated carbocycles. The average molecular weight is 488 g/mol. The first-order valence-electron chi connectivity index (χ1n) is 11.4. The summed E-state index contributed by atoms with van der Waals surface area (Å²) in [7, 11) is 1.33. The van der Waals surface area contributed by atoms with Crippen molar-refractivity contribution in [2.75, 3.05) is 25.5 Å². The van der Waals surface area contributed by atoms with Crippen LogP contribution in [0.5, 0.6) is 0 Å². The maximum Gasteiger partial charge on any atom is 0.310 e. The van der Waals surface area contributed by atoms with Crippen molar-refractivity contribution in [2.45, 2.75) is 46.6 Å². The Kier molecular flexibility index (Phi) is 6.66. The largest absolute Gasteiger partial charge is 0.469 e. The Morgan fingerprint density at radius 3 is 2.71 bits per heavy atom. The number of pyridine rings is 1. The molecule has 1 N–H and O–H groups in total. The van der Waals surface area contributed by atoms with Crippen LogP contribution in [0.4, 0.5) is 5.82 Å². The van der Waals surface area contributed by atoms with Crippen LogP contribution in [0.25, 0.3) is 11.1 Å². The van der Waals surface area contributed by atoms with Gasteiger partial charge in [-0.2, -0.15) is 5.10 Å². The van der Waals surface area contributed by atoms with E-state index >= 15 is 0 Å². The van der Waals surface area contributed by atoms with Gasteiger partial charge in [-0.25, -0.2) is 4.98 Å². The molecule has 0 aromatic carbocycles. The van der Waals surface area contributed by atoms with Gasteiger partial charge >= 0.3 is 5.97 Å². The van der Waals surface area contributed by atoms with Gasteiger partial charge in [-0.1, -0.05) is 25.4 Å². The third-order valence-electron chi connectivity index (χ3n) is 6.58. The standard InChI is InChI=1S/C24H30ClN5O4/c1-14(31)29-11-15(5-16(12-29)23(33)34-4)6-22(32)28-21-7-17(19(25)10-26-21)18-9-27-30-13-24(2,3)8-20(18)30/h7,9-10,15-16H,5-6,8,11-13H2,1-4H3,(H,26,28,32). The molecule has 10 heteroatoms. The lowest BCUT2D eigenvalue weighted by atomic mass is 9.87. The minimum Gasteiger partial charge on any atom is -0.469 e. The topological polar surface area (TPSA) is 106 Å². The van der Waals surface area contributed by atoms with Crippen molar-refractivity contribution in [1.29, 1.82) is 0 Å². The lowest BCUT2D eigenvalue weighted by molar-refractivity contribution is -0.150. The fraction of sp³-hybridized carbons (Fsp3) is 0.542. The number of rotatable bonds is 5. The first kappa shape index (κ1) is 24.2. The maximum atomic E-state index is 12.8. The van der Waals surface area contributed by atoms with Crippen LogP contribution in [-0.2, 0) is 32.1 Å². The maximum absolute atomic E-state index is 12.8. The van der Waals surface area contributed by atoms with Crippen molar-refractivity contribution < 1.29 is 19.1 Å². The average Bonchev–Trinajstić information content (AvgIpc) is 3.29. The van der Waals surface area contributed by atoms with E-state index in [-0.39, 0.29) is 35.5 Å². The molecule has 4 heterocycles. The molecule has 182 valence electrons. The molecule has 9 nitrogen and oxygen atoms in total. The number of aromatic nitrogens is 3. The van der Waals surface area contributed by atoms with Gasteiger partial charge in [-0.15, -0.1) is 0 Å². The molecule has 2 amide bonds. The van der Waals surface area contributed by atoms with Crippen LogP contribution in [0.3, 0.4) is 0 Å².